The SMILES string of the molecule is O=C(CBr)Nc1cc(Cl)ccc1-n1cccn1. The minimum Gasteiger partial charge on any atom is -0.323 e. The third-order valence-corrected chi connectivity index (χ3v) is 2.85. The van der Waals surface area contributed by atoms with Crippen molar-refractivity contribution < 1.29 is 4.79 Å². The highest BCUT2D eigenvalue weighted by molar-refractivity contribution is 9.09. The van der Waals surface area contributed by atoms with E-state index in [9.17, 15) is 4.79 Å². The molecule has 0 bridgehead atoms. The molecule has 2 aromatic rings. The topological polar surface area (TPSA) is 46.9 Å². The van der Waals surface area contributed by atoms with Crippen LogP contribution in [0.1, 0.15) is 0 Å². The van der Waals surface area contributed by atoms with E-state index in [2.05, 4.69) is 26.3 Å². The van der Waals surface area contributed by atoms with Gasteiger partial charge in [0.15, 0.2) is 0 Å². The Hall–Kier alpha value is -1.33. The summed E-state index contributed by atoms with van der Waals surface area (Å²) in [7, 11) is 0. The summed E-state index contributed by atoms with van der Waals surface area (Å²) < 4.78 is 1.67. The van der Waals surface area contributed by atoms with Crippen LogP contribution in [0.2, 0.25) is 5.02 Å². The number of hydrogen-bond donors (Lipinski definition) is 1. The summed E-state index contributed by atoms with van der Waals surface area (Å²) in [6.07, 6.45) is 3.47. The maximum Gasteiger partial charge on any atom is 0.235 e. The molecule has 17 heavy (non-hydrogen) atoms. The molecule has 1 aromatic heterocycles. The number of hydrogen-bond acceptors (Lipinski definition) is 2. The molecule has 0 spiro atoms. The van der Waals surface area contributed by atoms with E-state index in [1.54, 1.807) is 35.3 Å². The lowest BCUT2D eigenvalue weighted by Crippen LogP contribution is -2.14. The first kappa shape index (κ1) is 12.1. The van der Waals surface area contributed by atoms with Crippen LogP contribution in [-0.2, 0) is 4.79 Å². The number of alkyl halides is 1. The molecule has 1 N–H and O–H groups in total. The standard InChI is InChI=1S/C11H9BrClN3O/c12-7-11(17)15-9-6-8(13)2-3-10(9)16-5-1-4-14-16/h1-6H,7H2,(H,15,17). The van der Waals surface area contributed by atoms with Crippen molar-refractivity contribution in [3.05, 3.63) is 41.7 Å². The second-order valence-electron chi connectivity index (χ2n) is 3.29. The van der Waals surface area contributed by atoms with E-state index in [0.29, 0.717) is 10.7 Å². The zero-order valence-corrected chi connectivity index (χ0v) is 11.1. The van der Waals surface area contributed by atoms with Gasteiger partial charge in [-0.1, -0.05) is 27.5 Å². The van der Waals surface area contributed by atoms with Crippen molar-refractivity contribution in [1.82, 2.24) is 9.78 Å². The number of carbonyl (C=O) groups excluding carboxylic acids is 1. The molecule has 0 aliphatic heterocycles. The van der Waals surface area contributed by atoms with Crippen LogP contribution >= 0.6 is 27.5 Å². The minimum absolute atomic E-state index is 0.138. The van der Waals surface area contributed by atoms with Crippen molar-refractivity contribution in [2.75, 3.05) is 10.6 Å². The Morgan fingerprint density at radius 1 is 1.53 bits per heavy atom. The summed E-state index contributed by atoms with van der Waals surface area (Å²) in [5.41, 5.74) is 1.40. The molecule has 0 fully saturated rings. The summed E-state index contributed by atoms with van der Waals surface area (Å²) in [5, 5.41) is 7.67. The highest BCUT2D eigenvalue weighted by Gasteiger charge is 2.08. The number of carbonyl (C=O) groups is 1. The molecular formula is C11H9BrClN3O. The first-order valence-corrected chi connectivity index (χ1v) is 6.36. The molecule has 0 radical (unpaired) electrons. The van der Waals surface area contributed by atoms with Gasteiger partial charge in [-0.15, -0.1) is 0 Å². The Morgan fingerprint density at radius 3 is 3.00 bits per heavy atom. The number of amides is 1. The average molecular weight is 315 g/mol. The van der Waals surface area contributed by atoms with E-state index in [4.69, 9.17) is 11.6 Å². The fourth-order valence-electron chi connectivity index (χ4n) is 1.40. The Kier molecular flexibility index (Phi) is 3.81. The van der Waals surface area contributed by atoms with Gasteiger partial charge in [-0.3, -0.25) is 4.79 Å². The van der Waals surface area contributed by atoms with Crippen molar-refractivity contribution >= 4 is 39.1 Å². The molecule has 1 aromatic carbocycles. The van der Waals surface area contributed by atoms with E-state index >= 15 is 0 Å². The van der Waals surface area contributed by atoms with Gasteiger partial charge >= 0.3 is 0 Å². The number of aromatic nitrogens is 2. The normalized spacial score (nSPS) is 10.2. The molecule has 0 aliphatic rings. The fraction of sp³-hybridized carbons (Fsp3) is 0.0909. The number of anilines is 1. The van der Waals surface area contributed by atoms with Crippen molar-refractivity contribution in [2.24, 2.45) is 0 Å². The van der Waals surface area contributed by atoms with Gasteiger partial charge in [0.25, 0.3) is 0 Å². The number of nitrogens with one attached hydrogen (secondary N) is 1. The highest BCUT2D eigenvalue weighted by Crippen LogP contribution is 2.24. The van der Waals surface area contributed by atoms with E-state index in [-0.39, 0.29) is 11.2 Å². The Balaban J connectivity index is 2.41. The molecule has 2 rings (SSSR count). The molecule has 0 aliphatic carbocycles. The lowest BCUT2D eigenvalue weighted by molar-refractivity contribution is -0.113. The van der Waals surface area contributed by atoms with Crippen molar-refractivity contribution in [1.29, 1.82) is 0 Å². The molecule has 4 nitrogen and oxygen atoms in total. The van der Waals surface area contributed by atoms with Crippen LogP contribution < -0.4 is 5.32 Å². The average Bonchev–Trinajstić information content (AvgIpc) is 2.82. The number of benzene rings is 1. The highest BCUT2D eigenvalue weighted by atomic mass is 79.9. The minimum atomic E-state index is -0.138. The zero-order valence-electron chi connectivity index (χ0n) is 8.73. The van der Waals surface area contributed by atoms with Gasteiger partial charge in [-0.25, -0.2) is 4.68 Å². The van der Waals surface area contributed by atoms with Gasteiger partial charge < -0.3 is 5.32 Å². The summed E-state index contributed by atoms with van der Waals surface area (Å²) in [6.45, 7) is 0. The smallest absolute Gasteiger partial charge is 0.235 e. The van der Waals surface area contributed by atoms with E-state index in [0.717, 1.165) is 5.69 Å². The summed E-state index contributed by atoms with van der Waals surface area (Å²) in [5.74, 6) is -0.138. The molecule has 0 unspecified atom stereocenters. The fourth-order valence-corrected chi connectivity index (χ4v) is 1.72. The predicted octanol–water partition coefficient (Wildman–Crippen LogP) is 2.86. The number of nitrogens with zero attached hydrogens (tertiary/aromatic N) is 2. The van der Waals surface area contributed by atoms with Crippen LogP contribution in [0.4, 0.5) is 5.69 Å². The van der Waals surface area contributed by atoms with Crippen LogP contribution in [0.3, 0.4) is 0 Å². The van der Waals surface area contributed by atoms with Gasteiger partial charge in [0, 0.05) is 17.4 Å². The van der Waals surface area contributed by atoms with E-state index in [1.165, 1.54) is 0 Å². The van der Waals surface area contributed by atoms with Crippen LogP contribution in [0, 0.1) is 0 Å². The third kappa shape index (κ3) is 2.87. The second kappa shape index (κ2) is 5.33. The third-order valence-electron chi connectivity index (χ3n) is 2.11. The summed E-state index contributed by atoms with van der Waals surface area (Å²) in [6, 6.07) is 7.06. The van der Waals surface area contributed by atoms with Crippen LogP contribution in [0.15, 0.2) is 36.7 Å². The molecule has 1 heterocycles. The Bertz CT molecular complexity index is 528. The first-order chi connectivity index (χ1) is 8.20. The van der Waals surface area contributed by atoms with E-state index in [1.807, 2.05) is 6.07 Å². The monoisotopic (exact) mass is 313 g/mol. The van der Waals surface area contributed by atoms with Gasteiger partial charge in [-0.05, 0) is 24.3 Å². The van der Waals surface area contributed by atoms with Crippen LogP contribution in [-0.4, -0.2) is 21.0 Å². The van der Waals surface area contributed by atoms with Crippen LogP contribution in [0.25, 0.3) is 5.69 Å². The van der Waals surface area contributed by atoms with Gasteiger partial charge in [0.2, 0.25) is 5.91 Å². The Morgan fingerprint density at radius 2 is 2.35 bits per heavy atom. The van der Waals surface area contributed by atoms with Gasteiger partial charge in [-0.2, -0.15) is 5.10 Å². The molecule has 0 saturated carbocycles. The van der Waals surface area contributed by atoms with Gasteiger partial charge in [0.1, 0.15) is 0 Å². The predicted molar refractivity (Wildman–Crippen MR) is 71.0 cm³/mol. The summed E-state index contributed by atoms with van der Waals surface area (Å²) in [4.78, 5) is 11.4. The largest absolute Gasteiger partial charge is 0.323 e. The maximum absolute atomic E-state index is 11.4. The van der Waals surface area contributed by atoms with Crippen molar-refractivity contribution in [3.8, 4) is 5.69 Å². The van der Waals surface area contributed by atoms with Crippen LogP contribution in [0.5, 0.6) is 0 Å². The molecule has 1 amide bonds. The summed E-state index contributed by atoms with van der Waals surface area (Å²) >= 11 is 9.01. The second-order valence-corrected chi connectivity index (χ2v) is 4.29. The van der Waals surface area contributed by atoms with Gasteiger partial charge in [0.05, 0.1) is 16.7 Å². The lowest BCUT2D eigenvalue weighted by atomic mass is 10.2. The quantitative estimate of drug-likeness (QED) is 0.886. The maximum atomic E-state index is 11.4. The number of rotatable bonds is 3. The molecule has 88 valence electrons. The molecule has 0 saturated heterocycles. The number of halogens is 2. The molecule has 0 atom stereocenters. The zero-order chi connectivity index (χ0) is 12.3. The first-order valence-electron chi connectivity index (χ1n) is 4.86. The molecule has 6 heteroatoms. The van der Waals surface area contributed by atoms with Crippen molar-refractivity contribution in [2.45, 2.75) is 0 Å². The molecular weight excluding hydrogens is 305 g/mol. The Labute approximate surface area is 112 Å². The lowest BCUT2D eigenvalue weighted by Gasteiger charge is -2.10. The van der Waals surface area contributed by atoms with Crippen molar-refractivity contribution in [3.63, 3.8) is 0 Å². The van der Waals surface area contributed by atoms with E-state index < -0.39 is 0 Å².